The van der Waals surface area contributed by atoms with E-state index >= 15 is 0 Å². The third kappa shape index (κ3) is 5.48. The van der Waals surface area contributed by atoms with Gasteiger partial charge in [0.25, 0.3) is 5.91 Å². The second kappa shape index (κ2) is 9.99. The lowest BCUT2D eigenvalue weighted by atomic mass is 9.83. The number of rotatable bonds is 5. The van der Waals surface area contributed by atoms with E-state index in [4.69, 9.17) is 0 Å². The number of nitrogens with one attached hydrogen (secondary N) is 1. The summed E-state index contributed by atoms with van der Waals surface area (Å²) in [6.07, 6.45) is 0.614. The van der Waals surface area contributed by atoms with Crippen LogP contribution in [0.2, 0.25) is 0 Å². The third-order valence-corrected chi connectivity index (χ3v) is 6.33. The fourth-order valence-corrected chi connectivity index (χ4v) is 4.54. The summed E-state index contributed by atoms with van der Waals surface area (Å²) in [7, 11) is 0. The highest BCUT2D eigenvalue weighted by atomic mass is 19.1. The van der Waals surface area contributed by atoms with Crippen molar-refractivity contribution in [2.45, 2.75) is 32.7 Å². The van der Waals surface area contributed by atoms with Gasteiger partial charge in [-0.2, -0.15) is 0 Å². The molecule has 0 radical (unpaired) electrons. The van der Waals surface area contributed by atoms with Gasteiger partial charge in [0, 0.05) is 31.1 Å². The molecule has 3 aromatic carbocycles. The summed E-state index contributed by atoms with van der Waals surface area (Å²) < 4.78 is 13.9. The Morgan fingerprint density at radius 1 is 0.970 bits per heavy atom. The normalized spacial score (nSPS) is 18.1. The highest BCUT2D eigenvalue weighted by molar-refractivity contribution is 5.94. The van der Waals surface area contributed by atoms with Crippen molar-refractivity contribution in [2.24, 2.45) is 5.92 Å². The average Bonchev–Trinajstić information content (AvgIpc) is 2.84. The zero-order valence-corrected chi connectivity index (χ0v) is 19.1. The first-order valence-electron chi connectivity index (χ1n) is 11.3. The smallest absolute Gasteiger partial charge is 0.253 e. The van der Waals surface area contributed by atoms with E-state index < -0.39 is 0 Å². The summed E-state index contributed by atoms with van der Waals surface area (Å²) in [6.45, 7) is 5.07. The van der Waals surface area contributed by atoms with E-state index in [1.54, 1.807) is 30.0 Å². The molecule has 0 saturated carbocycles. The molecule has 170 valence electrons. The molecule has 4 rings (SSSR count). The number of halogens is 1. The first-order chi connectivity index (χ1) is 15.9. The topological polar surface area (TPSA) is 49.4 Å². The lowest BCUT2D eigenvalue weighted by Crippen LogP contribution is -2.48. The second-order valence-electron chi connectivity index (χ2n) is 8.92. The summed E-state index contributed by atoms with van der Waals surface area (Å²) in [6, 6.07) is 22.2. The molecule has 5 heteroatoms. The van der Waals surface area contributed by atoms with Gasteiger partial charge in [0.15, 0.2) is 0 Å². The largest absolute Gasteiger partial charge is 0.352 e. The maximum absolute atomic E-state index is 13.9. The molecule has 1 aliphatic heterocycles. The monoisotopic (exact) mass is 444 g/mol. The fourth-order valence-electron chi connectivity index (χ4n) is 4.54. The Bertz CT molecular complexity index is 1150. The number of hydrogen-bond donors (Lipinski definition) is 1. The van der Waals surface area contributed by atoms with E-state index in [2.05, 4.69) is 11.4 Å². The van der Waals surface area contributed by atoms with Gasteiger partial charge in [-0.25, -0.2) is 4.39 Å². The van der Waals surface area contributed by atoms with Crippen LogP contribution in [0.15, 0.2) is 72.8 Å². The minimum atomic E-state index is -0.341. The molecule has 1 N–H and O–H groups in total. The van der Waals surface area contributed by atoms with Crippen molar-refractivity contribution in [3.8, 4) is 0 Å². The van der Waals surface area contributed by atoms with Crippen LogP contribution < -0.4 is 5.32 Å². The lowest BCUT2D eigenvalue weighted by Gasteiger charge is -2.37. The van der Waals surface area contributed by atoms with E-state index in [-0.39, 0.29) is 29.5 Å². The van der Waals surface area contributed by atoms with Crippen molar-refractivity contribution in [1.82, 2.24) is 10.2 Å². The maximum atomic E-state index is 13.9. The Hall–Kier alpha value is -3.47. The van der Waals surface area contributed by atoms with Crippen LogP contribution in [-0.4, -0.2) is 29.8 Å². The zero-order valence-electron chi connectivity index (χ0n) is 19.1. The predicted molar refractivity (Wildman–Crippen MR) is 127 cm³/mol. The number of carbonyl (C=O) groups is 2. The van der Waals surface area contributed by atoms with Crippen LogP contribution in [0.25, 0.3) is 0 Å². The van der Waals surface area contributed by atoms with Crippen LogP contribution in [0.4, 0.5) is 4.39 Å². The number of likely N-dealkylation sites (tertiary alicyclic amines) is 1. The summed E-state index contributed by atoms with van der Waals surface area (Å²) in [5.41, 5.74) is 4.32. The number of benzene rings is 3. The molecule has 2 atom stereocenters. The number of aryl methyl sites for hydroxylation is 2. The molecule has 1 heterocycles. The summed E-state index contributed by atoms with van der Waals surface area (Å²) in [5, 5.41) is 3.05. The number of carbonyl (C=O) groups excluding carboxylic acids is 2. The third-order valence-electron chi connectivity index (χ3n) is 6.33. The van der Waals surface area contributed by atoms with Gasteiger partial charge in [-0.05, 0) is 55.2 Å². The van der Waals surface area contributed by atoms with Gasteiger partial charge in [-0.15, -0.1) is 0 Å². The molecule has 0 bridgehead atoms. The second-order valence-corrected chi connectivity index (χ2v) is 8.92. The first-order valence-corrected chi connectivity index (χ1v) is 11.3. The predicted octanol–water partition coefficient (Wildman–Crippen LogP) is 5.00. The zero-order chi connectivity index (χ0) is 23.4. The molecule has 0 unspecified atom stereocenters. The van der Waals surface area contributed by atoms with Crippen molar-refractivity contribution in [2.75, 3.05) is 13.1 Å². The highest BCUT2D eigenvalue weighted by Crippen LogP contribution is 2.32. The average molecular weight is 445 g/mol. The Balaban J connectivity index is 1.55. The highest BCUT2D eigenvalue weighted by Gasteiger charge is 2.35. The molecule has 1 aliphatic rings. The standard InChI is InChI=1S/C28H29FN2O2/c1-19-7-6-8-21(13-19)16-30-27(32)25-15-24(23-11-12-26(29)20(2)14-23)17-31(18-25)28(33)22-9-4-3-5-10-22/h3-14,24-25H,15-18H2,1-2H3,(H,30,32)/t24-,25+/m0/s1. The molecular formula is C28H29FN2O2. The van der Waals surface area contributed by atoms with Crippen LogP contribution >= 0.6 is 0 Å². The summed E-state index contributed by atoms with van der Waals surface area (Å²) in [4.78, 5) is 28.1. The Kier molecular flexibility index (Phi) is 6.87. The molecule has 4 nitrogen and oxygen atoms in total. The molecule has 0 aliphatic carbocycles. The van der Waals surface area contributed by atoms with Crippen LogP contribution in [0.3, 0.4) is 0 Å². The first kappa shape index (κ1) is 22.7. The van der Waals surface area contributed by atoms with Crippen LogP contribution in [0.5, 0.6) is 0 Å². The minimum Gasteiger partial charge on any atom is -0.352 e. The van der Waals surface area contributed by atoms with Crippen molar-refractivity contribution < 1.29 is 14.0 Å². The Labute approximate surface area is 194 Å². The van der Waals surface area contributed by atoms with E-state index in [1.807, 2.05) is 49.4 Å². The molecule has 1 fully saturated rings. The van der Waals surface area contributed by atoms with E-state index in [9.17, 15) is 14.0 Å². The van der Waals surface area contributed by atoms with Gasteiger partial charge < -0.3 is 10.2 Å². The fraction of sp³-hybridized carbons (Fsp3) is 0.286. The summed E-state index contributed by atoms with van der Waals surface area (Å²) >= 11 is 0. The van der Waals surface area contributed by atoms with Gasteiger partial charge in [0.1, 0.15) is 5.82 Å². The number of nitrogens with zero attached hydrogens (tertiary/aromatic N) is 1. The number of piperidine rings is 1. The molecule has 1 saturated heterocycles. The molecule has 0 spiro atoms. The van der Waals surface area contributed by atoms with Gasteiger partial charge in [0.2, 0.25) is 5.91 Å². The number of hydrogen-bond acceptors (Lipinski definition) is 2. The number of amides is 2. The molecular weight excluding hydrogens is 415 g/mol. The molecule has 0 aromatic heterocycles. The molecule has 33 heavy (non-hydrogen) atoms. The minimum absolute atomic E-state index is 0.0413. The van der Waals surface area contributed by atoms with E-state index in [1.165, 1.54) is 6.07 Å². The SMILES string of the molecule is Cc1cccc(CNC(=O)[C@@H]2C[C@H](c3ccc(F)c(C)c3)CN(C(=O)c3ccccc3)C2)c1. The van der Waals surface area contributed by atoms with E-state index in [0.29, 0.717) is 37.2 Å². The van der Waals surface area contributed by atoms with Gasteiger partial charge in [-0.1, -0.05) is 60.2 Å². The maximum Gasteiger partial charge on any atom is 0.253 e. The van der Waals surface area contributed by atoms with Crippen molar-refractivity contribution in [3.05, 3.63) is 106 Å². The quantitative estimate of drug-likeness (QED) is 0.602. The van der Waals surface area contributed by atoms with Gasteiger partial charge in [0.05, 0.1) is 5.92 Å². The van der Waals surface area contributed by atoms with Crippen LogP contribution in [0.1, 0.15) is 45.0 Å². The van der Waals surface area contributed by atoms with Crippen LogP contribution in [0, 0.1) is 25.6 Å². The Morgan fingerprint density at radius 3 is 2.48 bits per heavy atom. The molecule has 3 aromatic rings. The van der Waals surface area contributed by atoms with Crippen molar-refractivity contribution in [1.29, 1.82) is 0 Å². The Morgan fingerprint density at radius 2 is 1.76 bits per heavy atom. The molecule has 2 amide bonds. The van der Waals surface area contributed by atoms with E-state index in [0.717, 1.165) is 16.7 Å². The van der Waals surface area contributed by atoms with Crippen LogP contribution in [-0.2, 0) is 11.3 Å². The van der Waals surface area contributed by atoms with Gasteiger partial charge >= 0.3 is 0 Å². The summed E-state index contributed by atoms with van der Waals surface area (Å²) in [5.74, 6) is -0.784. The van der Waals surface area contributed by atoms with Crippen molar-refractivity contribution >= 4 is 11.8 Å². The van der Waals surface area contributed by atoms with Gasteiger partial charge in [-0.3, -0.25) is 9.59 Å². The van der Waals surface area contributed by atoms with Crippen molar-refractivity contribution in [3.63, 3.8) is 0 Å². The lowest BCUT2D eigenvalue weighted by molar-refractivity contribution is -0.126.